The van der Waals surface area contributed by atoms with Gasteiger partial charge in [0, 0.05) is 23.7 Å². The second-order valence-electron chi connectivity index (χ2n) is 2.80. The second kappa shape index (κ2) is 6.77. The fourth-order valence-corrected chi connectivity index (χ4v) is 0.992. The lowest BCUT2D eigenvalue weighted by molar-refractivity contribution is 0.885. The van der Waals surface area contributed by atoms with Gasteiger partial charge in [-0.05, 0) is 12.6 Å². The lowest BCUT2D eigenvalue weighted by atomic mass is 10.1. The fourth-order valence-electron chi connectivity index (χ4n) is 0.992. The zero-order valence-corrected chi connectivity index (χ0v) is 8.51. The standard InChI is InChI=1S/C10H18N4/c1-3-5-9(12)8(6-11)10(13)7-14-4-2/h4,6-7,11,14H,2-3,5,12-13H2,1H3/b9-8+,10-7+,11-6?. The lowest BCUT2D eigenvalue weighted by Gasteiger charge is -2.06. The summed E-state index contributed by atoms with van der Waals surface area (Å²) in [6, 6.07) is 0. The van der Waals surface area contributed by atoms with E-state index in [2.05, 4.69) is 11.9 Å². The molecule has 0 aromatic carbocycles. The van der Waals surface area contributed by atoms with Crippen molar-refractivity contribution >= 4 is 6.21 Å². The largest absolute Gasteiger partial charge is 0.401 e. The van der Waals surface area contributed by atoms with Gasteiger partial charge >= 0.3 is 0 Å². The van der Waals surface area contributed by atoms with Gasteiger partial charge in [-0.25, -0.2) is 0 Å². The van der Waals surface area contributed by atoms with Crippen molar-refractivity contribution in [1.82, 2.24) is 5.32 Å². The molecule has 0 aromatic heterocycles. The normalized spacial score (nSPS) is 13.1. The van der Waals surface area contributed by atoms with Crippen LogP contribution in [0, 0.1) is 5.41 Å². The second-order valence-corrected chi connectivity index (χ2v) is 2.80. The highest BCUT2D eigenvalue weighted by molar-refractivity contribution is 5.82. The first-order chi connectivity index (χ1) is 6.67. The van der Waals surface area contributed by atoms with Crippen molar-refractivity contribution in [3.63, 3.8) is 0 Å². The molecule has 0 heterocycles. The van der Waals surface area contributed by atoms with Crippen molar-refractivity contribution in [2.75, 3.05) is 0 Å². The molecule has 0 aromatic rings. The summed E-state index contributed by atoms with van der Waals surface area (Å²) in [7, 11) is 0. The number of allylic oxidation sites excluding steroid dienone is 2. The lowest BCUT2D eigenvalue weighted by Crippen LogP contribution is -2.12. The summed E-state index contributed by atoms with van der Waals surface area (Å²) in [5.74, 6) is 0. The molecule has 0 aliphatic rings. The van der Waals surface area contributed by atoms with E-state index in [4.69, 9.17) is 16.9 Å². The summed E-state index contributed by atoms with van der Waals surface area (Å²) in [5, 5.41) is 9.94. The molecular formula is C10H18N4. The van der Waals surface area contributed by atoms with Crippen molar-refractivity contribution in [3.05, 3.63) is 35.9 Å². The van der Waals surface area contributed by atoms with Crippen molar-refractivity contribution in [1.29, 1.82) is 5.41 Å². The Morgan fingerprint density at radius 3 is 2.57 bits per heavy atom. The van der Waals surface area contributed by atoms with Crippen molar-refractivity contribution in [2.24, 2.45) is 11.5 Å². The van der Waals surface area contributed by atoms with E-state index in [1.54, 1.807) is 6.20 Å². The number of hydrogen-bond donors (Lipinski definition) is 4. The van der Waals surface area contributed by atoms with Crippen LogP contribution in [0.1, 0.15) is 19.8 Å². The average molecular weight is 194 g/mol. The Morgan fingerprint density at radius 2 is 2.14 bits per heavy atom. The molecule has 6 N–H and O–H groups in total. The third-order valence-electron chi connectivity index (χ3n) is 1.68. The Balaban J connectivity index is 4.77. The third-order valence-corrected chi connectivity index (χ3v) is 1.68. The highest BCUT2D eigenvalue weighted by atomic mass is 14.8. The summed E-state index contributed by atoms with van der Waals surface area (Å²) in [4.78, 5) is 0. The molecule has 0 fully saturated rings. The van der Waals surface area contributed by atoms with E-state index in [1.165, 1.54) is 12.4 Å². The van der Waals surface area contributed by atoms with Crippen LogP contribution < -0.4 is 16.8 Å². The van der Waals surface area contributed by atoms with E-state index in [9.17, 15) is 0 Å². The molecule has 0 aliphatic heterocycles. The van der Waals surface area contributed by atoms with Gasteiger partial charge in [0.15, 0.2) is 0 Å². The molecule has 4 nitrogen and oxygen atoms in total. The molecular weight excluding hydrogens is 176 g/mol. The van der Waals surface area contributed by atoms with Gasteiger partial charge in [-0.15, -0.1) is 0 Å². The predicted molar refractivity (Wildman–Crippen MR) is 60.5 cm³/mol. The summed E-state index contributed by atoms with van der Waals surface area (Å²) in [6.07, 6.45) is 5.92. The van der Waals surface area contributed by atoms with Crippen LogP contribution in [-0.2, 0) is 0 Å². The maximum atomic E-state index is 7.20. The van der Waals surface area contributed by atoms with Crippen LogP contribution in [0.3, 0.4) is 0 Å². The van der Waals surface area contributed by atoms with Crippen molar-refractivity contribution in [3.8, 4) is 0 Å². The molecule has 14 heavy (non-hydrogen) atoms. The maximum Gasteiger partial charge on any atom is 0.0583 e. The van der Waals surface area contributed by atoms with Crippen LogP contribution in [0.15, 0.2) is 35.9 Å². The molecule has 0 bridgehead atoms. The first-order valence-electron chi connectivity index (χ1n) is 4.49. The van der Waals surface area contributed by atoms with Crippen LogP contribution in [0.2, 0.25) is 0 Å². The van der Waals surface area contributed by atoms with E-state index >= 15 is 0 Å². The molecule has 0 amide bonds. The van der Waals surface area contributed by atoms with Gasteiger partial charge in [0.05, 0.1) is 5.70 Å². The van der Waals surface area contributed by atoms with E-state index in [-0.39, 0.29) is 0 Å². The number of hydrogen-bond acceptors (Lipinski definition) is 4. The average Bonchev–Trinajstić information content (AvgIpc) is 2.16. The van der Waals surface area contributed by atoms with Crippen LogP contribution in [0.25, 0.3) is 0 Å². The first-order valence-corrected chi connectivity index (χ1v) is 4.49. The zero-order chi connectivity index (χ0) is 11.0. The molecule has 0 spiro atoms. The monoisotopic (exact) mass is 194 g/mol. The van der Waals surface area contributed by atoms with Gasteiger partial charge in [0.25, 0.3) is 0 Å². The molecule has 0 aliphatic carbocycles. The fraction of sp³-hybridized carbons (Fsp3) is 0.300. The topological polar surface area (TPSA) is 87.9 Å². The maximum absolute atomic E-state index is 7.20. The SMILES string of the molecule is C=CN/C=C(N)\C(C=N)=C(\N)CCC. The van der Waals surface area contributed by atoms with Crippen LogP contribution in [0.4, 0.5) is 0 Å². The van der Waals surface area contributed by atoms with Crippen LogP contribution in [0.5, 0.6) is 0 Å². The molecule has 0 saturated carbocycles. The summed E-state index contributed by atoms with van der Waals surface area (Å²) >= 11 is 0. The highest BCUT2D eigenvalue weighted by Crippen LogP contribution is 2.08. The molecule has 0 radical (unpaired) electrons. The van der Waals surface area contributed by atoms with Gasteiger partial charge in [-0.1, -0.05) is 19.9 Å². The highest BCUT2D eigenvalue weighted by Gasteiger charge is 2.02. The molecule has 0 saturated heterocycles. The van der Waals surface area contributed by atoms with E-state index in [0.29, 0.717) is 17.0 Å². The van der Waals surface area contributed by atoms with Crippen molar-refractivity contribution < 1.29 is 0 Å². The van der Waals surface area contributed by atoms with E-state index < -0.39 is 0 Å². The quantitative estimate of drug-likeness (QED) is 0.378. The molecule has 0 rings (SSSR count). The van der Waals surface area contributed by atoms with E-state index in [0.717, 1.165) is 12.8 Å². The Hall–Kier alpha value is -1.71. The van der Waals surface area contributed by atoms with Gasteiger partial charge in [0.2, 0.25) is 0 Å². The Morgan fingerprint density at radius 1 is 1.50 bits per heavy atom. The number of rotatable bonds is 6. The molecule has 78 valence electrons. The minimum atomic E-state index is 0.450. The number of nitrogens with one attached hydrogen (secondary N) is 2. The van der Waals surface area contributed by atoms with E-state index in [1.807, 2.05) is 6.92 Å². The predicted octanol–water partition coefficient (Wildman–Crippen LogP) is 1.18. The minimum Gasteiger partial charge on any atom is -0.401 e. The zero-order valence-electron chi connectivity index (χ0n) is 8.51. The van der Waals surface area contributed by atoms with Crippen LogP contribution in [-0.4, -0.2) is 6.21 Å². The first kappa shape index (κ1) is 12.3. The van der Waals surface area contributed by atoms with Crippen molar-refractivity contribution in [2.45, 2.75) is 19.8 Å². The Labute approximate surface area is 84.9 Å². The van der Waals surface area contributed by atoms with Gasteiger partial charge in [0.1, 0.15) is 0 Å². The molecule has 0 atom stereocenters. The minimum absolute atomic E-state index is 0.450. The molecule has 0 unspecified atom stereocenters. The third kappa shape index (κ3) is 3.80. The van der Waals surface area contributed by atoms with Gasteiger partial charge < -0.3 is 22.2 Å². The summed E-state index contributed by atoms with van der Waals surface area (Å²) < 4.78 is 0. The number of nitrogens with two attached hydrogens (primary N) is 2. The smallest absolute Gasteiger partial charge is 0.0583 e. The Bertz CT molecular complexity index is 263. The summed E-state index contributed by atoms with van der Waals surface area (Å²) in [6.45, 7) is 5.51. The Kier molecular flexibility index (Phi) is 5.94. The summed E-state index contributed by atoms with van der Waals surface area (Å²) in [5.41, 5.74) is 13.1. The molecule has 4 heteroatoms. The van der Waals surface area contributed by atoms with Gasteiger partial charge in [-0.3, -0.25) is 0 Å². The van der Waals surface area contributed by atoms with Crippen LogP contribution >= 0.6 is 0 Å². The van der Waals surface area contributed by atoms with Gasteiger partial charge in [-0.2, -0.15) is 0 Å².